The fraction of sp³-hybridized carbons (Fsp3) is 0.314. The monoisotopic (exact) mass is 584 g/mol. The zero-order valence-corrected chi connectivity index (χ0v) is 25.3. The van der Waals surface area contributed by atoms with Crippen molar-refractivity contribution in [2.45, 2.75) is 37.1 Å². The van der Waals surface area contributed by atoms with Crippen molar-refractivity contribution >= 4 is 10.1 Å². The van der Waals surface area contributed by atoms with Gasteiger partial charge in [-0.3, -0.25) is 14.0 Å². The number of aliphatic hydroxyl groups is 1. The lowest BCUT2D eigenvalue weighted by Gasteiger charge is -2.50. The molecule has 6 rings (SSSR count). The predicted octanol–water partition coefficient (Wildman–Crippen LogP) is 5.67. The Balaban J connectivity index is 0.000000171. The molecule has 7 heteroatoms. The van der Waals surface area contributed by atoms with Crippen LogP contribution in [0.4, 0.5) is 0 Å². The molecule has 0 unspecified atom stereocenters. The maximum absolute atomic E-state index is 11.4. The van der Waals surface area contributed by atoms with Gasteiger partial charge in [0.05, 0.1) is 23.9 Å². The summed E-state index contributed by atoms with van der Waals surface area (Å²) in [4.78, 5) is 4.57. The second kappa shape index (κ2) is 12.5. The Labute approximate surface area is 250 Å². The molecule has 42 heavy (non-hydrogen) atoms. The summed E-state index contributed by atoms with van der Waals surface area (Å²) in [6, 6.07) is 41.8. The van der Waals surface area contributed by atoms with E-state index in [4.69, 9.17) is 4.18 Å². The summed E-state index contributed by atoms with van der Waals surface area (Å²) in [7, 11) is -3.45. The van der Waals surface area contributed by atoms with Crippen molar-refractivity contribution in [2.75, 3.05) is 32.4 Å². The second-order valence-electron chi connectivity index (χ2n) is 12.0. The van der Waals surface area contributed by atoms with E-state index in [1.165, 1.54) is 22.3 Å². The topological polar surface area (TPSA) is 70.1 Å². The van der Waals surface area contributed by atoms with Crippen LogP contribution in [0, 0.1) is 0 Å². The summed E-state index contributed by atoms with van der Waals surface area (Å²) in [6.45, 7) is 6.35. The average Bonchev–Trinajstić information content (AvgIpc) is 2.93. The summed E-state index contributed by atoms with van der Waals surface area (Å²) in [5, 5.41) is 9.98. The molecule has 0 amide bonds. The summed E-state index contributed by atoms with van der Waals surface area (Å²) >= 11 is 0. The first-order valence-corrected chi connectivity index (χ1v) is 16.1. The van der Waals surface area contributed by atoms with Crippen molar-refractivity contribution in [1.29, 1.82) is 0 Å². The summed E-state index contributed by atoms with van der Waals surface area (Å²) in [6.07, 6.45) is 1.10. The fourth-order valence-corrected chi connectivity index (χ4v) is 7.03. The third kappa shape index (κ3) is 7.54. The molecule has 4 aromatic rings. The zero-order valence-electron chi connectivity index (χ0n) is 24.5. The lowest BCUT2D eigenvalue weighted by molar-refractivity contribution is -0.0964. The number of rotatable bonds is 8. The highest BCUT2D eigenvalue weighted by atomic mass is 32.2. The Morgan fingerprint density at radius 3 is 1.14 bits per heavy atom. The van der Waals surface area contributed by atoms with E-state index in [-0.39, 0.29) is 12.1 Å². The van der Waals surface area contributed by atoms with Crippen LogP contribution in [0.1, 0.15) is 48.2 Å². The van der Waals surface area contributed by atoms with E-state index in [0.717, 1.165) is 19.3 Å². The van der Waals surface area contributed by atoms with Crippen LogP contribution in [0.3, 0.4) is 0 Å². The van der Waals surface area contributed by atoms with E-state index >= 15 is 0 Å². The molecule has 0 bridgehead atoms. The Bertz CT molecular complexity index is 1440. The van der Waals surface area contributed by atoms with Crippen LogP contribution in [0.25, 0.3) is 0 Å². The molecule has 2 saturated heterocycles. The van der Waals surface area contributed by atoms with Gasteiger partial charge in [-0.15, -0.1) is 0 Å². The lowest BCUT2D eigenvalue weighted by atomic mass is 9.88. The molecule has 4 aromatic carbocycles. The molecular formula is C35H40N2O4S. The third-order valence-electron chi connectivity index (χ3n) is 7.71. The molecule has 0 saturated carbocycles. The Kier molecular flexibility index (Phi) is 8.97. The van der Waals surface area contributed by atoms with Crippen LogP contribution < -0.4 is 0 Å². The van der Waals surface area contributed by atoms with E-state index in [2.05, 4.69) is 82.6 Å². The molecule has 0 spiro atoms. The smallest absolute Gasteiger partial charge is 0.265 e. The molecular weight excluding hydrogens is 544 g/mol. The first kappa shape index (κ1) is 30.1. The largest absolute Gasteiger partial charge is 0.388 e. The van der Waals surface area contributed by atoms with Crippen molar-refractivity contribution in [3.63, 3.8) is 0 Å². The van der Waals surface area contributed by atoms with Gasteiger partial charge in [0.25, 0.3) is 10.1 Å². The van der Waals surface area contributed by atoms with E-state index in [1.54, 1.807) is 0 Å². The fourth-order valence-electron chi connectivity index (χ4n) is 6.19. The molecule has 0 atom stereocenters. The Morgan fingerprint density at radius 1 is 0.595 bits per heavy atom. The van der Waals surface area contributed by atoms with Gasteiger partial charge in [0, 0.05) is 26.2 Å². The predicted molar refractivity (Wildman–Crippen MR) is 168 cm³/mol. The van der Waals surface area contributed by atoms with E-state index in [1.807, 2.05) is 62.4 Å². The SMILES string of the molecule is CC1(O)CN(C(c2ccccc2)c2ccccc2)C1.CC1(OS(C)(=O)=O)CN(C(c2ccccc2)c2ccccc2)C1. The number of benzene rings is 4. The number of hydrogen-bond acceptors (Lipinski definition) is 6. The number of likely N-dealkylation sites (tertiary alicyclic amines) is 2. The lowest BCUT2D eigenvalue weighted by Crippen LogP contribution is -2.62. The van der Waals surface area contributed by atoms with Gasteiger partial charge in [-0.2, -0.15) is 8.42 Å². The maximum atomic E-state index is 11.4. The van der Waals surface area contributed by atoms with Gasteiger partial charge in [-0.05, 0) is 36.1 Å². The minimum Gasteiger partial charge on any atom is -0.388 e. The Hall–Kier alpha value is -3.33. The zero-order chi connectivity index (χ0) is 29.8. The summed E-state index contributed by atoms with van der Waals surface area (Å²) < 4.78 is 28.1. The first-order chi connectivity index (χ1) is 20.0. The number of hydrogen-bond donors (Lipinski definition) is 1. The molecule has 0 aliphatic carbocycles. The summed E-state index contributed by atoms with van der Waals surface area (Å²) in [5.41, 5.74) is 3.77. The normalized spacial score (nSPS) is 18.0. The quantitative estimate of drug-likeness (QED) is 0.269. The highest BCUT2D eigenvalue weighted by Gasteiger charge is 2.46. The average molecular weight is 585 g/mol. The van der Waals surface area contributed by atoms with Gasteiger partial charge in [0.2, 0.25) is 0 Å². The van der Waals surface area contributed by atoms with Gasteiger partial charge in [0.1, 0.15) is 5.60 Å². The van der Waals surface area contributed by atoms with Crippen molar-refractivity contribution in [1.82, 2.24) is 9.80 Å². The van der Waals surface area contributed by atoms with Gasteiger partial charge >= 0.3 is 0 Å². The molecule has 1 N–H and O–H groups in total. The second-order valence-corrected chi connectivity index (χ2v) is 13.6. The molecule has 220 valence electrons. The van der Waals surface area contributed by atoms with Crippen LogP contribution >= 0.6 is 0 Å². The van der Waals surface area contributed by atoms with Crippen molar-refractivity contribution in [3.8, 4) is 0 Å². The third-order valence-corrected chi connectivity index (χ3v) is 8.41. The van der Waals surface area contributed by atoms with Crippen molar-refractivity contribution < 1.29 is 17.7 Å². The van der Waals surface area contributed by atoms with Crippen LogP contribution in [-0.4, -0.2) is 67.0 Å². The van der Waals surface area contributed by atoms with Crippen LogP contribution in [0.5, 0.6) is 0 Å². The first-order valence-electron chi connectivity index (χ1n) is 14.3. The van der Waals surface area contributed by atoms with Gasteiger partial charge in [0.15, 0.2) is 0 Å². The van der Waals surface area contributed by atoms with Gasteiger partial charge < -0.3 is 5.11 Å². The summed E-state index contributed by atoms with van der Waals surface area (Å²) in [5.74, 6) is 0. The van der Waals surface area contributed by atoms with Gasteiger partial charge in [-0.25, -0.2) is 0 Å². The molecule has 2 aliphatic rings. The highest BCUT2D eigenvalue weighted by molar-refractivity contribution is 7.86. The van der Waals surface area contributed by atoms with E-state index < -0.39 is 21.3 Å². The Morgan fingerprint density at radius 2 is 0.881 bits per heavy atom. The molecule has 6 nitrogen and oxygen atoms in total. The van der Waals surface area contributed by atoms with Crippen molar-refractivity contribution in [2.24, 2.45) is 0 Å². The molecule has 0 aromatic heterocycles. The minimum absolute atomic E-state index is 0.105. The van der Waals surface area contributed by atoms with Crippen LogP contribution in [-0.2, 0) is 14.3 Å². The number of nitrogens with zero attached hydrogens (tertiary/aromatic N) is 2. The van der Waals surface area contributed by atoms with Crippen LogP contribution in [0.2, 0.25) is 0 Å². The standard InChI is InChI=1S/C18H21NO3S.C17H19NO/c1-18(22-23(2,20)21)13-19(14-18)17(15-9-5-3-6-10-15)16-11-7-4-8-12-16;1-17(19)12-18(13-17)16(14-8-4-2-5-9-14)15-10-6-3-7-11-15/h3-12,17H,13-14H2,1-2H3;2-11,16,19H,12-13H2,1H3. The van der Waals surface area contributed by atoms with E-state index in [9.17, 15) is 13.5 Å². The van der Waals surface area contributed by atoms with Crippen molar-refractivity contribution in [3.05, 3.63) is 144 Å². The number of β-amino-alcohol motifs (C(OH)–C–C–N with tert-alkyl or cyclic N) is 1. The van der Waals surface area contributed by atoms with Gasteiger partial charge in [-0.1, -0.05) is 121 Å². The minimum atomic E-state index is -3.45. The maximum Gasteiger partial charge on any atom is 0.265 e. The van der Waals surface area contributed by atoms with E-state index in [0.29, 0.717) is 13.1 Å². The van der Waals surface area contributed by atoms with Crippen LogP contribution in [0.15, 0.2) is 121 Å². The molecule has 2 aliphatic heterocycles. The molecule has 2 fully saturated rings. The highest BCUT2D eigenvalue weighted by Crippen LogP contribution is 2.38. The molecule has 0 radical (unpaired) electrons. The molecule has 2 heterocycles.